The van der Waals surface area contributed by atoms with Gasteiger partial charge in [0.2, 0.25) is 0 Å². The third-order valence-corrected chi connectivity index (χ3v) is 6.24. The summed E-state index contributed by atoms with van der Waals surface area (Å²) in [7, 11) is -17.4. The Morgan fingerprint density at radius 1 is 0.393 bits per heavy atom. The molecule has 2 aliphatic carbocycles. The zero-order chi connectivity index (χ0) is 46.0. The minimum atomic E-state index is -10.7. The molecule has 0 aromatic heterocycles. The van der Waals surface area contributed by atoms with E-state index in [9.17, 15) is 50.4 Å². The van der Waals surface area contributed by atoms with Crippen molar-refractivity contribution in [2.75, 3.05) is 54.2 Å². The Hall–Kier alpha value is 1.32. The van der Waals surface area contributed by atoms with E-state index in [0.717, 1.165) is 12.8 Å². The molecular weight excluding hydrogens is 936 g/mol. The van der Waals surface area contributed by atoms with Gasteiger partial charge in [-0.2, -0.15) is 0 Å². The number of methoxy groups -OCH3 is 2. The number of rotatable bonds is 5. The molecule has 0 aromatic rings. The van der Waals surface area contributed by atoms with Crippen LogP contribution >= 0.6 is 31.5 Å². The topological polar surface area (TPSA) is 58.3 Å². The van der Waals surface area contributed by atoms with Crippen molar-refractivity contribution in [3.8, 4) is 0 Å². The van der Waals surface area contributed by atoms with E-state index in [0.29, 0.717) is 15.8 Å². The molecule has 2 aliphatic rings. The summed E-state index contributed by atoms with van der Waals surface area (Å²) in [5.41, 5.74) is 0. The van der Waals surface area contributed by atoms with Crippen LogP contribution < -0.4 is 0 Å². The van der Waals surface area contributed by atoms with E-state index in [-0.39, 0.29) is 34.1 Å². The van der Waals surface area contributed by atoms with Crippen LogP contribution in [0.15, 0.2) is 0 Å². The molecule has 2 fully saturated rings. The van der Waals surface area contributed by atoms with Crippen LogP contribution in [0.5, 0.6) is 0 Å². The van der Waals surface area contributed by atoms with Gasteiger partial charge < -0.3 is 9.47 Å². The fourth-order valence-corrected chi connectivity index (χ4v) is 3.12. The number of ether oxygens (including phenoxy) is 2. The minimum Gasteiger partial charge on any atom is 2.00 e. The van der Waals surface area contributed by atoms with Gasteiger partial charge in [-0.1, -0.05) is 69.2 Å². The van der Waals surface area contributed by atoms with Gasteiger partial charge in [0, 0.05) is 14.2 Å². The summed E-state index contributed by atoms with van der Waals surface area (Å²) in [6, 6.07) is 0. The summed E-state index contributed by atoms with van der Waals surface area (Å²) in [4.78, 5) is 0. The van der Waals surface area contributed by atoms with Crippen LogP contribution in [0.4, 0.5) is 50.4 Å². The molecule has 0 aromatic carbocycles. The number of unbranched alkanes of at least 4 members (excludes halogenated alkanes) is 1. The summed E-state index contributed by atoms with van der Waals surface area (Å²) < 4.78 is 142. The molecule has 56 heavy (non-hydrogen) atoms. The smallest absolute Gasteiger partial charge is 2.00 e. The van der Waals surface area contributed by atoms with Crippen molar-refractivity contribution >= 4 is 31.5 Å². The Morgan fingerprint density at radius 2 is 0.464 bits per heavy atom. The van der Waals surface area contributed by atoms with Crippen molar-refractivity contribution in [1.82, 2.24) is 0 Å². The van der Waals surface area contributed by atoms with Gasteiger partial charge in [0.1, 0.15) is 13.2 Å². The van der Waals surface area contributed by atoms with E-state index in [2.05, 4.69) is 145 Å². The van der Waals surface area contributed by atoms with E-state index < -0.39 is 15.6 Å². The molecule has 14 radical (unpaired) electrons. The summed E-state index contributed by atoms with van der Waals surface area (Å²) in [6.45, 7) is 49.7. The van der Waals surface area contributed by atoms with Crippen LogP contribution in [-0.2, 0) is 52.9 Å². The first-order valence-corrected chi connectivity index (χ1v) is 24.5. The van der Waals surface area contributed by atoms with Crippen LogP contribution in [0.2, 0.25) is 0 Å². The largest absolute Gasteiger partial charge is 2.00 e. The first kappa shape index (κ1) is 77.9. The SMILES string of the molecule is CO[C]CC[C]OC.CP(C)C.CP(C)C.C[C]1[C](C)[C](C)[C](C)[C]1C.C[C]1[C](C)[C](C)[C](C)[C]1C.F[P-](F)(F)(F)(F)F.F[P-](F)(F)(F)(F)F.[C-]#[O+].[C-]#[O+].[Fe+2].[Fe+2]. The number of hydrogen-bond donors (Lipinski definition) is 0. The van der Waals surface area contributed by atoms with E-state index in [1.807, 2.05) is 0 Å². The van der Waals surface area contributed by atoms with Gasteiger partial charge >= 0.3 is 123 Å². The van der Waals surface area contributed by atoms with Crippen LogP contribution in [-0.4, -0.2) is 54.2 Å². The molecule has 0 amide bonds. The monoisotopic (exact) mass is 994 g/mol. The molecule has 0 saturated heterocycles. The molecule has 0 spiro atoms. The molecule has 22 heteroatoms. The molecule has 0 bridgehead atoms. The zero-order valence-corrected chi connectivity index (χ0v) is 40.9. The Morgan fingerprint density at radius 3 is 0.518 bits per heavy atom. The van der Waals surface area contributed by atoms with Gasteiger partial charge in [-0.05, 0) is 112 Å². The Kier molecular flexibility index (Phi) is 44.6. The molecule has 0 N–H and O–H groups in total. The fraction of sp³-hybridized carbons (Fsp3) is 0.588. The van der Waals surface area contributed by atoms with Crippen molar-refractivity contribution in [2.24, 2.45) is 0 Å². The Balaban J connectivity index is -0.0000000657. The molecule has 336 valence electrons. The Labute approximate surface area is 355 Å². The van der Waals surface area contributed by atoms with Gasteiger partial charge in [-0.25, -0.2) is 0 Å². The van der Waals surface area contributed by atoms with Gasteiger partial charge in [-0.3, -0.25) is 0 Å². The average molecular weight is 994 g/mol. The predicted molar refractivity (Wildman–Crippen MR) is 203 cm³/mol. The normalized spacial score (nSPS) is 18.7. The number of hydrogen-bond acceptors (Lipinski definition) is 2. The van der Waals surface area contributed by atoms with Crippen molar-refractivity contribution in [2.45, 2.75) is 82.1 Å². The molecule has 2 rings (SSSR count). The second-order valence-electron chi connectivity index (χ2n) is 12.0. The van der Waals surface area contributed by atoms with Gasteiger partial charge in [0.15, 0.2) is 0 Å². The first-order valence-electron chi connectivity index (χ1n) is 15.1. The maximum absolute atomic E-state index is 10.7. The third-order valence-electron chi connectivity index (χ3n) is 6.24. The zero-order valence-electron chi connectivity index (χ0n) is 35.1. The second kappa shape index (κ2) is 32.1. The third kappa shape index (κ3) is 76.1. The van der Waals surface area contributed by atoms with Crippen molar-refractivity contribution in [3.63, 3.8) is 0 Å². The standard InChI is InChI=1S/2C10H15.C6H10O2.2C3H9P.2CO.2F6P.2Fe/c2*1-6-7(2)9(4)10(5)8(6)3;1-7-5-3-4-6-8-2;2*1-4(2)3;2*1-2;2*1-7(2,3,4,5)6;;/h2*1-5H3;3-4H2,1-2H3;2*1-3H3;;;;;;/q;;;;;;;2*-1;2*+2. The summed E-state index contributed by atoms with van der Waals surface area (Å²) in [6.07, 6.45) is 1.48. The molecule has 0 heterocycles. The molecule has 4 nitrogen and oxygen atoms in total. The van der Waals surface area contributed by atoms with Crippen molar-refractivity contribution in [3.05, 3.63) is 85.7 Å². The molecule has 0 unspecified atom stereocenters. The Bertz CT molecular complexity index is 768. The van der Waals surface area contributed by atoms with Crippen molar-refractivity contribution in [1.29, 1.82) is 0 Å². The van der Waals surface area contributed by atoms with Crippen LogP contribution in [0, 0.1) is 85.7 Å². The van der Waals surface area contributed by atoms with Crippen molar-refractivity contribution < 1.29 is 103 Å². The number of halogens is 12. The van der Waals surface area contributed by atoms with Crippen LogP contribution in [0.25, 0.3) is 0 Å². The molecular formula is C34H58F12Fe2O4P4+2. The fourth-order valence-electron chi connectivity index (χ4n) is 3.12. The maximum atomic E-state index is 9.87. The van der Waals surface area contributed by atoms with E-state index in [4.69, 9.17) is 9.30 Å². The van der Waals surface area contributed by atoms with E-state index in [1.165, 1.54) is 59.2 Å². The molecule has 2 saturated carbocycles. The maximum Gasteiger partial charge on any atom is 2.00 e. The summed E-state index contributed by atoms with van der Waals surface area (Å²) in [5, 5.41) is 0. The van der Waals surface area contributed by atoms with Crippen LogP contribution in [0.3, 0.4) is 0 Å². The van der Waals surface area contributed by atoms with Gasteiger partial charge in [-0.15, -0.1) is 15.8 Å². The summed E-state index contributed by atoms with van der Waals surface area (Å²) >= 11 is 0. The van der Waals surface area contributed by atoms with E-state index in [1.54, 1.807) is 14.2 Å². The summed E-state index contributed by atoms with van der Waals surface area (Å²) in [5.74, 6) is 14.7. The minimum absolute atomic E-state index is 0. The molecule has 0 aliphatic heterocycles. The predicted octanol–water partition coefficient (Wildman–Crippen LogP) is 16.5. The van der Waals surface area contributed by atoms with E-state index >= 15 is 0 Å². The molecule has 0 atom stereocenters. The first-order chi connectivity index (χ1) is 23.4. The second-order valence-corrected chi connectivity index (χ2v) is 21.2. The van der Waals surface area contributed by atoms with Crippen LogP contribution in [0.1, 0.15) is 82.1 Å². The quantitative estimate of drug-likeness (QED) is 0.0688. The van der Waals surface area contributed by atoms with Gasteiger partial charge in [0.25, 0.3) is 0 Å². The average Bonchev–Trinajstić information content (AvgIpc) is 3.24. The van der Waals surface area contributed by atoms with Gasteiger partial charge in [0.05, 0.1) is 0 Å².